The Bertz CT molecular complexity index is 649. The fourth-order valence-electron chi connectivity index (χ4n) is 1.45. The number of benzene rings is 1. The summed E-state index contributed by atoms with van der Waals surface area (Å²) in [7, 11) is 0. The van der Waals surface area contributed by atoms with E-state index < -0.39 is 23.1 Å². The molecule has 0 aliphatic rings. The Kier molecular flexibility index (Phi) is 3.71. The molecule has 1 N–H and O–H groups in total. The van der Waals surface area contributed by atoms with Crippen molar-refractivity contribution in [2.24, 2.45) is 0 Å². The number of halogens is 3. The van der Waals surface area contributed by atoms with E-state index in [9.17, 15) is 13.6 Å². The lowest BCUT2D eigenvalue weighted by molar-refractivity contribution is 0.101. The van der Waals surface area contributed by atoms with Crippen LogP contribution in [0, 0.1) is 18.6 Å². The topological polar surface area (TPSA) is 54.9 Å². The summed E-state index contributed by atoms with van der Waals surface area (Å²) in [6, 6.07) is 3.64. The summed E-state index contributed by atoms with van der Waals surface area (Å²) in [4.78, 5) is 19.1. The molecule has 0 bridgehead atoms. The molecule has 0 aliphatic carbocycles. The van der Waals surface area contributed by atoms with Crippen molar-refractivity contribution in [2.75, 3.05) is 5.32 Å². The number of nitrogens with one attached hydrogen (secondary N) is 1. The van der Waals surface area contributed by atoms with Gasteiger partial charge in [-0.3, -0.25) is 4.79 Å². The van der Waals surface area contributed by atoms with Crippen molar-refractivity contribution in [1.29, 1.82) is 0 Å². The Morgan fingerprint density at radius 2 is 2.05 bits per heavy atom. The number of anilines is 1. The van der Waals surface area contributed by atoms with Crippen LogP contribution in [0.5, 0.6) is 0 Å². The number of aromatic nitrogens is 2. The van der Waals surface area contributed by atoms with Crippen LogP contribution in [0.2, 0.25) is 5.28 Å². The maximum absolute atomic E-state index is 13.7. The molecule has 0 spiro atoms. The maximum atomic E-state index is 13.7. The molecule has 98 valence electrons. The van der Waals surface area contributed by atoms with Crippen LogP contribution < -0.4 is 5.32 Å². The number of rotatable bonds is 2. The Morgan fingerprint density at radius 3 is 2.74 bits per heavy atom. The number of hydrogen-bond donors (Lipinski definition) is 1. The van der Waals surface area contributed by atoms with Crippen LogP contribution in [0.15, 0.2) is 24.4 Å². The molecule has 0 radical (unpaired) electrons. The third-order valence-corrected chi connectivity index (χ3v) is 2.56. The molecular formula is C12H8ClF2N3O. The Balaban J connectivity index is 2.33. The summed E-state index contributed by atoms with van der Waals surface area (Å²) in [6.45, 7) is 1.44. The van der Waals surface area contributed by atoms with Crippen molar-refractivity contribution in [3.8, 4) is 0 Å². The number of nitrogens with zero attached hydrogens (tertiary/aromatic N) is 2. The first-order chi connectivity index (χ1) is 8.99. The zero-order valence-corrected chi connectivity index (χ0v) is 10.5. The second-order valence-electron chi connectivity index (χ2n) is 3.72. The Morgan fingerprint density at radius 1 is 1.32 bits per heavy atom. The van der Waals surface area contributed by atoms with Crippen molar-refractivity contribution in [3.05, 3.63) is 52.4 Å². The van der Waals surface area contributed by atoms with Gasteiger partial charge in [0.15, 0.2) is 0 Å². The van der Waals surface area contributed by atoms with E-state index in [1.807, 2.05) is 0 Å². The predicted molar refractivity (Wildman–Crippen MR) is 66.1 cm³/mol. The zero-order chi connectivity index (χ0) is 14.0. The normalized spacial score (nSPS) is 10.3. The van der Waals surface area contributed by atoms with Gasteiger partial charge in [-0.05, 0) is 36.2 Å². The Hall–Kier alpha value is -2.08. The molecule has 0 atom stereocenters. The first-order valence-corrected chi connectivity index (χ1v) is 5.61. The zero-order valence-electron chi connectivity index (χ0n) is 9.75. The second kappa shape index (κ2) is 5.27. The average Bonchev–Trinajstić information content (AvgIpc) is 2.34. The highest BCUT2D eigenvalue weighted by atomic mass is 35.5. The summed E-state index contributed by atoms with van der Waals surface area (Å²) in [5, 5.41) is 2.17. The van der Waals surface area contributed by atoms with Crippen molar-refractivity contribution in [2.45, 2.75) is 6.92 Å². The third-order valence-electron chi connectivity index (χ3n) is 2.38. The van der Waals surface area contributed by atoms with Gasteiger partial charge in [0.05, 0.1) is 0 Å². The molecule has 7 heteroatoms. The van der Waals surface area contributed by atoms with Crippen LogP contribution in [-0.2, 0) is 0 Å². The number of carbonyl (C=O) groups is 1. The lowest BCUT2D eigenvalue weighted by Gasteiger charge is -2.07. The van der Waals surface area contributed by atoms with Crippen LogP contribution in [0.1, 0.15) is 15.9 Å². The van der Waals surface area contributed by atoms with Gasteiger partial charge in [0.2, 0.25) is 5.28 Å². The molecule has 4 nitrogen and oxygen atoms in total. The smallest absolute Gasteiger partial charge is 0.262 e. The quantitative estimate of drug-likeness (QED) is 0.862. The Labute approximate surface area is 112 Å². The average molecular weight is 284 g/mol. The fourth-order valence-corrected chi connectivity index (χ4v) is 1.60. The number of amides is 1. The van der Waals surface area contributed by atoms with Crippen LogP contribution in [0.3, 0.4) is 0 Å². The minimum atomic E-state index is -0.944. The lowest BCUT2D eigenvalue weighted by atomic mass is 10.1. The third kappa shape index (κ3) is 2.85. The highest BCUT2D eigenvalue weighted by Crippen LogP contribution is 2.18. The van der Waals surface area contributed by atoms with Crippen molar-refractivity contribution in [1.82, 2.24) is 9.97 Å². The predicted octanol–water partition coefficient (Wildman–Crippen LogP) is 2.97. The van der Waals surface area contributed by atoms with E-state index in [-0.39, 0.29) is 16.7 Å². The highest BCUT2D eigenvalue weighted by molar-refractivity contribution is 6.28. The number of aryl methyl sites for hydroxylation is 1. The van der Waals surface area contributed by atoms with E-state index in [1.165, 1.54) is 25.3 Å². The van der Waals surface area contributed by atoms with E-state index >= 15 is 0 Å². The monoisotopic (exact) mass is 283 g/mol. The van der Waals surface area contributed by atoms with Crippen LogP contribution in [0.4, 0.5) is 14.6 Å². The molecule has 0 saturated carbocycles. The van der Waals surface area contributed by atoms with E-state index in [2.05, 4.69) is 15.3 Å². The van der Waals surface area contributed by atoms with E-state index in [4.69, 9.17) is 11.6 Å². The summed E-state index contributed by atoms with van der Waals surface area (Å²) in [6.07, 6.45) is 1.31. The molecule has 0 unspecified atom stereocenters. The van der Waals surface area contributed by atoms with Gasteiger partial charge < -0.3 is 5.32 Å². The molecule has 0 aliphatic heterocycles. The first kappa shape index (κ1) is 13.4. The molecule has 2 aromatic rings. The molecule has 1 aromatic carbocycles. The van der Waals surface area contributed by atoms with E-state index in [1.54, 1.807) is 0 Å². The minimum absolute atomic E-state index is 0.0605. The fraction of sp³-hybridized carbons (Fsp3) is 0.0833. The number of carbonyl (C=O) groups excluding carboxylic acids is 1. The van der Waals surface area contributed by atoms with E-state index in [0.717, 1.165) is 6.07 Å². The molecule has 1 amide bonds. The van der Waals surface area contributed by atoms with Crippen molar-refractivity contribution in [3.63, 3.8) is 0 Å². The summed E-state index contributed by atoms with van der Waals surface area (Å²) < 4.78 is 27.2. The molecule has 0 fully saturated rings. The van der Waals surface area contributed by atoms with Crippen LogP contribution in [-0.4, -0.2) is 15.9 Å². The maximum Gasteiger partial charge on any atom is 0.262 e. The highest BCUT2D eigenvalue weighted by Gasteiger charge is 2.19. The molecule has 1 aromatic heterocycles. The van der Waals surface area contributed by atoms with Gasteiger partial charge in [0.1, 0.15) is 23.0 Å². The SMILES string of the molecule is Cc1ccc(F)c(C(=O)Nc2ccnc(Cl)n2)c1F. The number of hydrogen-bond acceptors (Lipinski definition) is 3. The molecule has 19 heavy (non-hydrogen) atoms. The van der Waals surface area contributed by atoms with Gasteiger partial charge in [-0.1, -0.05) is 6.07 Å². The largest absolute Gasteiger partial charge is 0.306 e. The molecule has 0 saturated heterocycles. The van der Waals surface area contributed by atoms with Gasteiger partial charge in [-0.25, -0.2) is 18.7 Å². The van der Waals surface area contributed by atoms with Crippen molar-refractivity contribution >= 4 is 23.3 Å². The summed E-state index contributed by atoms with van der Waals surface area (Å²) in [5.41, 5.74) is -0.484. The first-order valence-electron chi connectivity index (χ1n) is 5.23. The second-order valence-corrected chi connectivity index (χ2v) is 4.06. The van der Waals surface area contributed by atoms with Gasteiger partial charge in [-0.2, -0.15) is 0 Å². The minimum Gasteiger partial charge on any atom is -0.306 e. The van der Waals surface area contributed by atoms with Gasteiger partial charge in [0, 0.05) is 6.20 Å². The van der Waals surface area contributed by atoms with Gasteiger partial charge >= 0.3 is 0 Å². The summed E-state index contributed by atoms with van der Waals surface area (Å²) in [5.74, 6) is -2.72. The molecular weight excluding hydrogens is 276 g/mol. The van der Waals surface area contributed by atoms with Gasteiger partial charge in [0.25, 0.3) is 5.91 Å². The van der Waals surface area contributed by atoms with Crippen LogP contribution >= 0.6 is 11.6 Å². The van der Waals surface area contributed by atoms with Crippen molar-refractivity contribution < 1.29 is 13.6 Å². The lowest BCUT2D eigenvalue weighted by Crippen LogP contribution is -2.17. The standard InChI is InChI=1S/C12H8ClF2N3O/c1-6-2-3-7(14)9(10(6)15)11(19)17-8-4-5-16-12(13)18-8/h2-5H,1H3,(H,16,17,18,19). The summed E-state index contributed by atoms with van der Waals surface area (Å²) >= 11 is 5.54. The van der Waals surface area contributed by atoms with Crippen LogP contribution in [0.25, 0.3) is 0 Å². The molecule has 1 heterocycles. The van der Waals surface area contributed by atoms with E-state index in [0.29, 0.717) is 0 Å². The van der Waals surface area contributed by atoms with Gasteiger partial charge in [-0.15, -0.1) is 0 Å². The molecule has 2 rings (SSSR count).